The van der Waals surface area contributed by atoms with Gasteiger partial charge in [-0.15, -0.1) is 0 Å². The van der Waals surface area contributed by atoms with Crippen LogP contribution in [0.3, 0.4) is 0 Å². The lowest BCUT2D eigenvalue weighted by Gasteiger charge is -2.04. The molecule has 1 fully saturated rings. The van der Waals surface area contributed by atoms with Crippen LogP contribution >= 0.6 is 0 Å². The average molecular weight is 213 g/mol. The van der Waals surface area contributed by atoms with Crippen molar-refractivity contribution in [3.05, 3.63) is 11.6 Å². The van der Waals surface area contributed by atoms with Gasteiger partial charge in [0.15, 0.2) is 0 Å². The maximum Gasteiger partial charge on any atom is 0.270 e. The van der Waals surface area contributed by atoms with E-state index in [2.05, 4.69) is 12.4 Å². The summed E-state index contributed by atoms with van der Waals surface area (Å²) in [6.45, 7) is 5.10. The van der Waals surface area contributed by atoms with Crippen LogP contribution in [0.5, 0.6) is 0 Å². The van der Waals surface area contributed by atoms with E-state index >= 15 is 0 Å². The molecule has 86 valence electrons. The van der Waals surface area contributed by atoms with Crippen LogP contribution in [-0.4, -0.2) is 25.2 Å². The molecule has 15 heavy (non-hydrogen) atoms. The average Bonchev–Trinajstić information content (AvgIpc) is 3.02. The van der Waals surface area contributed by atoms with Crippen molar-refractivity contribution in [2.24, 2.45) is 0 Å². The molecule has 0 bridgehead atoms. The van der Waals surface area contributed by atoms with Crippen LogP contribution in [0.25, 0.3) is 0 Å². The van der Waals surface area contributed by atoms with Crippen molar-refractivity contribution in [1.29, 1.82) is 0 Å². The maximum absolute atomic E-state index is 11.4. The number of epoxide rings is 1. The van der Waals surface area contributed by atoms with Crippen LogP contribution in [0.1, 0.15) is 33.1 Å². The molecule has 1 rings (SSSR count). The van der Waals surface area contributed by atoms with Crippen molar-refractivity contribution in [3.8, 4) is 0 Å². The first kappa shape index (κ1) is 12.2. The molecule has 1 saturated heterocycles. The highest BCUT2D eigenvalue weighted by molar-refractivity contribution is 5.91. The van der Waals surface area contributed by atoms with Crippen LogP contribution < -0.4 is 5.48 Å². The fraction of sp³-hybridized carbons (Fsp3) is 0.727. The summed E-state index contributed by atoms with van der Waals surface area (Å²) in [7, 11) is 0. The highest BCUT2D eigenvalue weighted by atomic mass is 16.7. The Balaban J connectivity index is 2.10. The van der Waals surface area contributed by atoms with E-state index in [0.717, 1.165) is 25.9 Å². The van der Waals surface area contributed by atoms with E-state index in [1.165, 1.54) is 0 Å². The van der Waals surface area contributed by atoms with Gasteiger partial charge >= 0.3 is 0 Å². The van der Waals surface area contributed by atoms with Gasteiger partial charge in [-0.1, -0.05) is 25.8 Å². The lowest BCUT2D eigenvalue weighted by molar-refractivity contribution is -0.129. The van der Waals surface area contributed by atoms with Crippen molar-refractivity contribution in [3.63, 3.8) is 0 Å². The minimum atomic E-state index is -0.160. The topological polar surface area (TPSA) is 50.9 Å². The van der Waals surface area contributed by atoms with E-state index in [4.69, 9.17) is 9.57 Å². The lowest BCUT2D eigenvalue weighted by atomic mass is 10.2. The fourth-order valence-electron chi connectivity index (χ4n) is 1.06. The number of hydrogen-bond donors (Lipinski definition) is 1. The first-order chi connectivity index (χ1) is 7.24. The van der Waals surface area contributed by atoms with Crippen LogP contribution in [-0.2, 0) is 14.4 Å². The highest BCUT2D eigenvalue weighted by Gasteiger charge is 2.22. The van der Waals surface area contributed by atoms with Gasteiger partial charge in [-0.05, 0) is 13.3 Å². The first-order valence-corrected chi connectivity index (χ1v) is 5.44. The molecule has 1 amide bonds. The van der Waals surface area contributed by atoms with Crippen molar-refractivity contribution >= 4 is 5.91 Å². The minimum Gasteiger partial charge on any atom is -0.371 e. The maximum atomic E-state index is 11.4. The molecule has 1 atom stereocenters. The quantitative estimate of drug-likeness (QED) is 0.302. The number of hydroxylamine groups is 1. The predicted molar refractivity (Wildman–Crippen MR) is 57.1 cm³/mol. The SMILES string of the molecule is CCCCC=C(C)C(=O)NOCC1CO1. The number of ether oxygens (including phenoxy) is 1. The fourth-order valence-corrected chi connectivity index (χ4v) is 1.06. The van der Waals surface area contributed by atoms with Gasteiger partial charge in [-0.25, -0.2) is 5.48 Å². The number of carbonyl (C=O) groups is 1. The van der Waals surface area contributed by atoms with Crippen LogP contribution in [0, 0.1) is 0 Å². The van der Waals surface area contributed by atoms with Crippen LogP contribution in [0.15, 0.2) is 11.6 Å². The van der Waals surface area contributed by atoms with Gasteiger partial charge in [0.2, 0.25) is 0 Å². The molecule has 0 aromatic heterocycles. The van der Waals surface area contributed by atoms with E-state index in [9.17, 15) is 4.79 Å². The second kappa shape index (κ2) is 6.58. The summed E-state index contributed by atoms with van der Waals surface area (Å²) in [5.41, 5.74) is 3.10. The van der Waals surface area contributed by atoms with E-state index in [-0.39, 0.29) is 12.0 Å². The van der Waals surface area contributed by atoms with Crippen molar-refractivity contribution < 1.29 is 14.4 Å². The molecule has 0 saturated carbocycles. The number of allylic oxidation sites excluding steroid dienone is 1. The molecule has 0 aromatic carbocycles. The Bertz CT molecular complexity index is 234. The molecule has 1 heterocycles. The van der Waals surface area contributed by atoms with Gasteiger partial charge in [0.05, 0.1) is 6.61 Å². The third kappa shape index (κ3) is 5.54. The van der Waals surface area contributed by atoms with Gasteiger partial charge < -0.3 is 4.74 Å². The zero-order valence-corrected chi connectivity index (χ0v) is 9.41. The molecule has 0 spiro atoms. The number of rotatable bonds is 7. The Morgan fingerprint density at radius 3 is 3.00 bits per heavy atom. The third-order valence-corrected chi connectivity index (χ3v) is 2.20. The molecule has 0 aromatic rings. The monoisotopic (exact) mass is 213 g/mol. The van der Waals surface area contributed by atoms with Gasteiger partial charge in [0.1, 0.15) is 12.7 Å². The Labute approximate surface area is 90.6 Å². The molecule has 4 heteroatoms. The minimum absolute atomic E-state index is 0.160. The van der Waals surface area contributed by atoms with Gasteiger partial charge in [0.25, 0.3) is 5.91 Å². The van der Waals surface area contributed by atoms with E-state index in [1.807, 2.05) is 6.08 Å². The van der Waals surface area contributed by atoms with Crippen LogP contribution in [0.2, 0.25) is 0 Å². The van der Waals surface area contributed by atoms with Crippen molar-refractivity contribution in [1.82, 2.24) is 5.48 Å². The largest absolute Gasteiger partial charge is 0.371 e. The second-order valence-corrected chi connectivity index (χ2v) is 3.73. The van der Waals surface area contributed by atoms with E-state index < -0.39 is 0 Å². The van der Waals surface area contributed by atoms with Crippen molar-refractivity contribution in [2.75, 3.05) is 13.2 Å². The summed E-state index contributed by atoms with van der Waals surface area (Å²) in [4.78, 5) is 16.4. The predicted octanol–water partition coefficient (Wildman–Crippen LogP) is 1.57. The molecule has 1 N–H and O–H groups in total. The second-order valence-electron chi connectivity index (χ2n) is 3.73. The number of nitrogens with one attached hydrogen (secondary N) is 1. The zero-order chi connectivity index (χ0) is 11.1. The molecule has 1 aliphatic rings. The Morgan fingerprint density at radius 1 is 1.67 bits per heavy atom. The summed E-state index contributed by atoms with van der Waals surface area (Å²) < 4.78 is 4.94. The summed E-state index contributed by atoms with van der Waals surface area (Å²) >= 11 is 0. The van der Waals surface area contributed by atoms with Gasteiger partial charge in [-0.2, -0.15) is 0 Å². The summed E-state index contributed by atoms with van der Waals surface area (Å²) in [6.07, 6.45) is 5.31. The van der Waals surface area contributed by atoms with E-state index in [1.54, 1.807) is 6.92 Å². The summed E-state index contributed by atoms with van der Waals surface area (Å²) in [5, 5.41) is 0. The smallest absolute Gasteiger partial charge is 0.270 e. The first-order valence-electron chi connectivity index (χ1n) is 5.44. The Hall–Kier alpha value is -0.870. The highest BCUT2D eigenvalue weighted by Crippen LogP contribution is 2.07. The Morgan fingerprint density at radius 2 is 2.40 bits per heavy atom. The van der Waals surface area contributed by atoms with Crippen LogP contribution in [0.4, 0.5) is 0 Å². The van der Waals surface area contributed by atoms with Crippen molar-refractivity contribution in [2.45, 2.75) is 39.2 Å². The van der Waals surface area contributed by atoms with Gasteiger partial charge in [-0.3, -0.25) is 9.63 Å². The number of unbranched alkanes of at least 4 members (excludes halogenated alkanes) is 2. The molecular weight excluding hydrogens is 194 g/mol. The molecule has 0 radical (unpaired) electrons. The van der Waals surface area contributed by atoms with E-state index in [0.29, 0.717) is 12.2 Å². The standard InChI is InChI=1S/C11H19NO3/c1-3-4-5-6-9(2)11(13)12-15-8-10-7-14-10/h6,10H,3-5,7-8H2,1-2H3,(H,12,13). The lowest BCUT2D eigenvalue weighted by Crippen LogP contribution is -2.26. The number of hydrogen-bond acceptors (Lipinski definition) is 3. The summed E-state index contributed by atoms with van der Waals surface area (Å²) in [5.74, 6) is -0.160. The van der Waals surface area contributed by atoms with Gasteiger partial charge in [0, 0.05) is 5.57 Å². The number of carbonyl (C=O) groups excluding carboxylic acids is 1. The zero-order valence-electron chi connectivity index (χ0n) is 9.41. The molecule has 0 aliphatic carbocycles. The Kier molecular flexibility index (Phi) is 5.36. The molecule has 4 nitrogen and oxygen atoms in total. The number of amides is 1. The molecule has 1 aliphatic heterocycles. The summed E-state index contributed by atoms with van der Waals surface area (Å²) in [6, 6.07) is 0. The molecular formula is C11H19NO3. The normalized spacial score (nSPS) is 20.1. The molecule has 1 unspecified atom stereocenters. The third-order valence-electron chi connectivity index (χ3n) is 2.20.